The fraction of sp³-hybridized carbons (Fsp3) is 0.471. The Morgan fingerprint density at radius 1 is 1.21 bits per heavy atom. The van der Waals surface area contributed by atoms with E-state index in [-0.39, 0.29) is 12.0 Å². The second-order valence-corrected chi connectivity index (χ2v) is 7.77. The number of hydrogen-bond donors (Lipinski definition) is 0. The lowest BCUT2D eigenvalue weighted by Gasteiger charge is -2.25. The van der Waals surface area contributed by atoms with Crippen molar-refractivity contribution in [1.29, 1.82) is 0 Å². The molecule has 0 aromatic heterocycles. The molecule has 134 valence electrons. The van der Waals surface area contributed by atoms with Gasteiger partial charge in [0.2, 0.25) is 0 Å². The molecule has 0 heterocycles. The number of carbonyl (C=O) groups is 1. The van der Waals surface area contributed by atoms with Crippen molar-refractivity contribution in [3.05, 3.63) is 35.4 Å². The summed E-state index contributed by atoms with van der Waals surface area (Å²) in [7, 11) is -1.24. The van der Waals surface area contributed by atoms with Gasteiger partial charge in [-0.1, -0.05) is 39.0 Å². The fourth-order valence-electron chi connectivity index (χ4n) is 1.99. The first-order valence-electron chi connectivity index (χ1n) is 7.56. The zero-order valence-corrected chi connectivity index (χ0v) is 15.9. The highest BCUT2D eigenvalue weighted by atomic mass is 31.2. The molecule has 24 heavy (non-hydrogen) atoms. The molecular weight excluding hydrogens is 331 g/mol. The third-order valence-corrected chi connectivity index (χ3v) is 4.49. The van der Waals surface area contributed by atoms with Crippen molar-refractivity contribution in [3.63, 3.8) is 0 Å². The summed E-state index contributed by atoms with van der Waals surface area (Å²) in [5, 5.41) is 0. The van der Waals surface area contributed by atoms with Crippen molar-refractivity contribution in [1.82, 2.24) is 0 Å². The summed E-state index contributed by atoms with van der Waals surface area (Å²) in [6.07, 6.45) is 2.85. The van der Waals surface area contributed by atoms with Gasteiger partial charge in [-0.15, -0.1) is 0 Å². The summed E-state index contributed by atoms with van der Waals surface area (Å²) >= 11 is 0. The van der Waals surface area contributed by atoms with Crippen LogP contribution in [0.1, 0.15) is 38.8 Å². The van der Waals surface area contributed by atoms with E-state index in [1.807, 2.05) is 32.9 Å². The first-order chi connectivity index (χ1) is 11.2. The van der Waals surface area contributed by atoms with Gasteiger partial charge in [0.1, 0.15) is 5.75 Å². The Morgan fingerprint density at radius 3 is 2.33 bits per heavy atom. The molecule has 0 unspecified atom stereocenters. The molecular formula is C17H25O6P. The third-order valence-electron chi connectivity index (χ3n) is 3.19. The molecule has 6 nitrogen and oxygen atoms in total. The van der Waals surface area contributed by atoms with Crippen LogP contribution < -0.4 is 4.52 Å². The second-order valence-electron chi connectivity index (χ2n) is 5.96. The summed E-state index contributed by atoms with van der Waals surface area (Å²) in [6.45, 7) is 8.01. The number of phosphoric ester groups is 1. The van der Waals surface area contributed by atoms with E-state index in [9.17, 15) is 9.36 Å². The van der Waals surface area contributed by atoms with Crippen LogP contribution in [0, 0.1) is 0 Å². The van der Waals surface area contributed by atoms with Crippen LogP contribution in [-0.4, -0.2) is 26.8 Å². The quantitative estimate of drug-likeness (QED) is 0.411. The van der Waals surface area contributed by atoms with Crippen molar-refractivity contribution in [2.24, 2.45) is 0 Å². The van der Waals surface area contributed by atoms with Crippen molar-refractivity contribution in [3.8, 4) is 5.75 Å². The average Bonchev–Trinajstić information content (AvgIpc) is 2.52. The van der Waals surface area contributed by atoms with E-state index in [0.717, 1.165) is 5.56 Å². The van der Waals surface area contributed by atoms with E-state index in [1.165, 1.54) is 20.3 Å². The lowest BCUT2D eigenvalue weighted by Crippen LogP contribution is -2.14. The van der Waals surface area contributed by atoms with Crippen molar-refractivity contribution in [2.45, 2.75) is 33.1 Å². The molecule has 0 aliphatic heterocycles. The summed E-state index contributed by atoms with van der Waals surface area (Å²) in [6, 6.07) is 5.45. The van der Waals surface area contributed by atoms with Gasteiger partial charge < -0.3 is 9.26 Å². The Labute approximate surface area is 143 Å². The predicted octanol–water partition coefficient (Wildman–Crippen LogP) is 4.34. The lowest BCUT2D eigenvalue weighted by molar-refractivity contribution is -0.137. The molecule has 1 aromatic rings. The molecule has 0 saturated carbocycles. The van der Waals surface area contributed by atoms with Crippen LogP contribution in [0.25, 0.3) is 6.08 Å². The van der Waals surface area contributed by atoms with Crippen molar-refractivity contribution in [2.75, 3.05) is 20.8 Å². The van der Waals surface area contributed by atoms with Crippen LogP contribution in [0.2, 0.25) is 0 Å². The molecule has 0 radical (unpaired) electrons. The standard InChI is InChI=1S/C17H25O6P/c1-7-22-15(18)12-11-13-9-8-10-14(17(2,3)4)16(13)23-24(19,20-5)21-6/h8-12H,7H2,1-6H3/b12-11+. The van der Waals surface area contributed by atoms with Gasteiger partial charge in [-0.05, 0) is 18.4 Å². The van der Waals surface area contributed by atoms with E-state index >= 15 is 0 Å². The number of phosphoric acid groups is 1. The Morgan fingerprint density at radius 2 is 1.83 bits per heavy atom. The van der Waals surface area contributed by atoms with Gasteiger partial charge in [-0.3, -0.25) is 9.05 Å². The number of carbonyl (C=O) groups excluding carboxylic acids is 1. The van der Waals surface area contributed by atoms with Crippen LogP contribution in [0.3, 0.4) is 0 Å². The molecule has 0 aliphatic carbocycles. The van der Waals surface area contributed by atoms with E-state index in [0.29, 0.717) is 11.3 Å². The van der Waals surface area contributed by atoms with Gasteiger partial charge in [0.05, 0.1) is 6.61 Å². The normalized spacial score (nSPS) is 12.4. The smallest absolute Gasteiger partial charge is 0.463 e. The van der Waals surface area contributed by atoms with Gasteiger partial charge in [-0.25, -0.2) is 9.36 Å². The van der Waals surface area contributed by atoms with Crippen LogP contribution in [0.4, 0.5) is 0 Å². The molecule has 1 rings (SSSR count). The predicted molar refractivity (Wildman–Crippen MR) is 93.1 cm³/mol. The lowest BCUT2D eigenvalue weighted by atomic mass is 9.85. The Balaban J connectivity index is 3.38. The molecule has 7 heteroatoms. The molecule has 0 amide bonds. The number of rotatable bonds is 7. The van der Waals surface area contributed by atoms with Crippen LogP contribution in [0.15, 0.2) is 24.3 Å². The number of ether oxygens (including phenoxy) is 1. The largest absolute Gasteiger partial charge is 0.529 e. The first-order valence-corrected chi connectivity index (χ1v) is 9.02. The average molecular weight is 356 g/mol. The number of hydrogen-bond acceptors (Lipinski definition) is 6. The molecule has 0 saturated heterocycles. The highest BCUT2D eigenvalue weighted by molar-refractivity contribution is 7.48. The minimum absolute atomic E-state index is 0.282. The molecule has 0 atom stereocenters. The van der Waals surface area contributed by atoms with Crippen molar-refractivity contribution >= 4 is 19.9 Å². The molecule has 0 fully saturated rings. The number of benzene rings is 1. The summed E-state index contributed by atoms with van der Waals surface area (Å²) in [4.78, 5) is 11.6. The summed E-state index contributed by atoms with van der Waals surface area (Å²) in [5.74, 6) is -0.121. The number of esters is 1. The SMILES string of the molecule is CCOC(=O)/C=C/c1cccc(C(C)(C)C)c1OP(=O)(OC)OC. The summed E-state index contributed by atoms with van der Waals surface area (Å²) in [5.41, 5.74) is 1.10. The maximum Gasteiger partial charge on any atom is 0.529 e. The van der Waals surface area contributed by atoms with E-state index < -0.39 is 13.8 Å². The highest BCUT2D eigenvalue weighted by Crippen LogP contribution is 2.51. The van der Waals surface area contributed by atoms with Crippen LogP contribution in [-0.2, 0) is 28.6 Å². The zero-order chi connectivity index (χ0) is 18.4. The topological polar surface area (TPSA) is 71.1 Å². The Bertz CT molecular complexity index is 637. The molecule has 0 bridgehead atoms. The maximum atomic E-state index is 12.4. The van der Waals surface area contributed by atoms with Crippen LogP contribution >= 0.6 is 7.82 Å². The minimum atomic E-state index is -3.74. The van der Waals surface area contributed by atoms with E-state index in [4.69, 9.17) is 18.3 Å². The Kier molecular flexibility index (Phi) is 7.21. The molecule has 0 spiro atoms. The van der Waals surface area contributed by atoms with E-state index in [2.05, 4.69) is 0 Å². The minimum Gasteiger partial charge on any atom is -0.463 e. The van der Waals surface area contributed by atoms with Gasteiger partial charge in [0.25, 0.3) is 0 Å². The third kappa shape index (κ3) is 5.48. The second kappa shape index (κ2) is 8.47. The maximum absolute atomic E-state index is 12.4. The first kappa shape index (κ1) is 20.4. The Hall–Kier alpha value is -1.62. The monoisotopic (exact) mass is 356 g/mol. The zero-order valence-electron chi connectivity index (χ0n) is 15.0. The summed E-state index contributed by atoms with van der Waals surface area (Å²) < 4.78 is 32.6. The van der Waals surface area contributed by atoms with Crippen LogP contribution in [0.5, 0.6) is 5.75 Å². The van der Waals surface area contributed by atoms with Gasteiger partial charge in [0, 0.05) is 31.4 Å². The van der Waals surface area contributed by atoms with Gasteiger partial charge in [0.15, 0.2) is 0 Å². The van der Waals surface area contributed by atoms with Gasteiger partial charge >= 0.3 is 13.8 Å². The molecule has 0 aliphatic rings. The van der Waals surface area contributed by atoms with Gasteiger partial charge in [-0.2, -0.15) is 0 Å². The molecule has 0 N–H and O–H groups in total. The number of para-hydroxylation sites is 1. The molecule has 1 aromatic carbocycles. The van der Waals surface area contributed by atoms with Crippen molar-refractivity contribution < 1.29 is 27.7 Å². The highest BCUT2D eigenvalue weighted by Gasteiger charge is 2.30. The van der Waals surface area contributed by atoms with E-state index in [1.54, 1.807) is 19.1 Å². The fourth-order valence-corrected chi connectivity index (χ4v) is 2.71.